The number of allylic oxidation sites excluding steroid dienone is 8. The lowest BCUT2D eigenvalue weighted by Gasteiger charge is -2.23. The Labute approximate surface area is 235 Å². The van der Waals surface area contributed by atoms with E-state index in [-0.39, 0.29) is 0 Å². The van der Waals surface area contributed by atoms with Crippen molar-refractivity contribution < 1.29 is 0 Å². The Bertz CT molecular complexity index is 1870. The second-order valence-corrected chi connectivity index (χ2v) is 11.1. The highest BCUT2D eigenvalue weighted by Crippen LogP contribution is 2.47. The second kappa shape index (κ2) is 9.50. The summed E-state index contributed by atoms with van der Waals surface area (Å²) in [4.78, 5) is 0. The predicted octanol–water partition coefficient (Wildman–Crippen LogP) is 11.4. The van der Waals surface area contributed by atoms with E-state index in [4.69, 9.17) is 0 Å². The molecule has 0 fully saturated rings. The molecule has 0 spiro atoms. The highest BCUT2D eigenvalue weighted by atomic mass is 14.2. The van der Waals surface area contributed by atoms with Crippen LogP contribution in [-0.2, 0) is 0 Å². The van der Waals surface area contributed by atoms with Gasteiger partial charge in [-0.3, -0.25) is 0 Å². The molecular weight excluding hydrogens is 480 g/mol. The van der Waals surface area contributed by atoms with Crippen molar-refractivity contribution in [2.75, 3.05) is 0 Å². The summed E-state index contributed by atoms with van der Waals surface area (Å²) in [5, 5.41) is 8.19. The Morgan fingerprint density at radius 3 is 1.20 bits per heavy atom. The predicted molar refractivity (Wildman–Crippen MR) is 174 cm³/mol. The van der Waals surface area contributed by atoms with Crippen LogP contribution in [0.2, 0.25) is 0 Å². The van der Waals surface area contributed by atoms with Crippen molar-refractivity contribution in [1.82, 2.24) is 0 Å². The molecule has 40 heavy (non-hydrogen) atoms. The van der Waals surface area contributed by atoms with Crippen molar-refractivity contribution in [2.45, 2.75) is 25.7 Å². The zero-order chi connectivity index (χ0) is 26.5. The van der Waals surface area contributed by atoms with Crippen LogP contribution in [0.4, 0.5) is 0 Å². The maximum Gasteiger partial charge on any atom is -0.00139 e. The van der Waals surface area contributed by atoms with Crippen LogP contribution in [0.15, 0.2) is 134 Å². The van der Waals surface area contributed by atoms with E-state index >= 15 is 0 Å². The van der Waals surface area contributed by atoms with Gasteiger partial charge < -0.3 is 0 Å². The van der Waals surface area contributed by atoms with Gasteiger partial charge in [0, 0.05) is 0 Å². The van der Waals surface area contributed by atoms with Crippen molar-refractivity contribution in [3.63, 3.8) is 0 Å². The highest BCUT2D eigenvalue weighted by molar-refractivity contribution is 6.30. The van der Waals surface area contributed by atoms with Crippen LogP contribution < -0.4 is 0 Å². The first-order valence-corrected chi connectivity index (χ1v) is 14.5. The number of benzene rings is 6. The van der Waals surface area contributed by atoms with E-state index in [1.54, 1.807) is 0 Å². The van der Waals surface area contributed by atoms with Crippen LogP contribution in [0.5, 0.6) is 0 Å². The summed E-state index contributed by atoms with van der Waals surface area (Å²) >= 11 is 0. The smallest absolute Gasteiger partial charge is 0.00139 e. The van der Waals surface area contributed by atoms with Crippen molar-refractivity contribution in [1.29, 1.82) is 0 Å². The Balaban J connectivity index is 1.57. The molecule has 0 aromatic heterocycles. The first-order valence-electron chi connectivity index (χ1n) is 14.5. The SMILES string of the molecule is C1=CCCC(c2cc(C3=CC=CCC3)c3ccc4c(-c5ccccc5)cc(-c5ccccc5)c5ccc2c3c54)=C1. The lowest BCUT2D eigenvalue weighted by atomic mass is 9.80. The molecule has 6 aromatic carbocycles. The summed E-state index contributed by atoms with van der Waals surface area (Å²) in [6, 6.07) is 36.3. The number of hydrogen-bond acceptors (Lipinski definition) is 0. The van der Waals surface area contributed by atoms with E-state index in [9.17, 15) is 0 Å². The van der Waals surface area contributed by atoms with Gasteiger partial charge in [-0.05, 0) is 115 Å². The molecule has 0 aliphatic heterocycles. The quantitative estimate of drug-likeness (QED) is 0.207. The molecular formula is C40H30. The van der Waals surface area contributed by atoms with Crippen LogP contribution >= 0.6 is 0 Å². The van der Waals surface area contributed by atoms with E-state index in [0.717, 1.165) is 25.7 Å². The summed E-state index contributed by atoms with van der Waals surface area (Å²) in [6.07, 6.45) is 18.1. The lowest BCUT2D eigenvalue weighted by Crippen LogP contribution is -1.99. The average Bonchev–Trinajstić information content (AvgIpc) is 3.04. The molecule has 0 saturated heterocycles. The minimum atomic E-state index is 1.09. The normalized spacial score (nSPS) is 15.2. The van der Waals surface area contributed by atoms with Gasteiger partial charge in [0.25, 0.3) is 0 Å². The molecule has 0 atom stereocenters. The molecule has 0 amide bonds. The van der Waals surface area contributed by atoms with Crippen molar-refractivity contribution >= 4 is 43.5 Å². The Morgan fingerprint density at radius 2 is 0.800 bits per heavy atom. The van der Waals surface area contributed by atoms with Crippen LogP contribution in [0.3, 0.4) is 0 Å². The molecule has 0 heteroatoms. The zero-order valence-corrected chi connectivity index (χ0v) is 22.5. The van der Waals surface area contributed by atoms with Gasteiger partial charge >= 0.3 is 0 Å². The van der Waals surface area contributed by atoms with Gasteiger partial charge in [-0.25, -0.2) is 0 Å². The maximum atomic E-state index is 2.49. The summed E-state index contributed by atoms with van der Waals surface area (Å²) in [7, 11) is 0. The van der Waals surface area contributed by atoms with Gasteiger partial charge in [0.2, 0.25) is 0 Å². The van der Waals surface area contributed by atoms with Crippen molar-refractivity contribution in [2.24, 2.45) is 0 Å². The minimum absolute atomic E-state index is 1.09. The summed E-state index contributed by atoms with van der Waals surface area (Å²) in [5.41, 5.74) is 10.8. The summed E-state index contributed by atoms with van der Waals surface area (Å²) in [6.45, 7) is 0. The molecule has 0 nitrogen and oxygen atoms in total. The minimum Gasteiger partial charge on any atom is -0.0842 e. The van der Waals surface area contributed by atoms with E-state index in [2.05, 4.69) is 134 Å². The molecule has 0 N–H and O–H groups in total. The van der Waals surface area contributed by atoms with Crippen molar-refractivity contribution in [3.05, 3.63) is 145 Å². The zero-order valence-electron chi connectivity index (χ0n) is 22.5. The molecule has 0 unspecified atom stereocenters. The maximum absolute atomic E-state index is 2.49. The Kier molecular flexibility index (Phi) is 5.52. The van der Waals surface area contributed by atoms with Gasteiger partial charge in [0.05, 0.1) is 0 Å². The van der Waals surface area contributed by atoms with E-state index in [0.29, 0.717) is 0 Å². The van der Waals surface area contributed by atoms with Gasteiger partial charge in [-0.1, -0.05) is 121 Å². The first kappa shape index (κ1) is 23.2. The van der Waals surface area contributed by atoms with Gasteiger partial charge in [-0.2, -0.15) is 0 Å². The van der Waals surface area contributed by atoms with E-state index in [1.807, 2.05) is 0 Å². The molecule has 0 saturated carbocycles. The first-order chi connectivity index (χ1) is 19.9. The van der Waals surface area contributed by atoms with Gasteiger partial charge in [0.15, 0.2) is 0 Å². The molecule has 0 bridgehead atoms. The fraction of sp³-hybridized carbons (Fsp3) is 0.100. The van der Waals surface area contributed by atoms with Gasteiger partial charge in [0.1, 0.15) is 0 Å². The molecule has 2 aliphatic rings. The van der Waals surface area contributed by atoms with E-state index < -0.39 is 0 Å². The lowest BCUT2D eigenvalue weighted by molar-refractivity contribution is 1.05. The van der Waals surface area contributed by atoms with Gasteiger partial charge in [-0.15, -0.1) is 0 Å². The Morgan fingerprint density at radius 1 is 0.400 bits per heavy atom. The molecule has 0 heterocycles. The topological polar surface area (TPSA) is 0 Å². The third-order valence-corrected chi connectivity index (χ3v) is 8.79. The monoisotopic (exact) mass is 510 g/mol. The average molecular weight is 511 g/mol. The largest absolute Gasteiger partial charge is 0.0842 e. The van der Waals surface area contributed by atoms with Crippen LogP contribution in [0, 0.1) is 0 Å². The van der Waals surface area contributed by atoms with Crippen LogP contribution in [-0.4, -0.2) is 0 Å². The fourth-order valence-corrected chi connectivity index (χ4v) is 6.89. The van der Waals surface area contributed by atoms with E-state index in [1.165, 1.54) is 76.8 Å². The molecule has 2 aliphatic carbocycles. The standard InChI is InChI=1S/C40H30/c1-5-13-27(14-6-1)35-25-36(28-15-7-2-8-16-28)32-23-24-34-38(30-19-11-4-12-20-30)26-37(29-17-9-3-10-18-29)33-22-21-31(35)39(32)40(33)34/h1-9,11,13-17,19,21-26H,10,12,18,20H2. The van der Waals surface area contributed by atoms with Crippen LogP contribution in [0.25, 0.3) is 65.7 Å². The molecule has 0 radical (unpaired) electrons. The summed E-state index contributed by atoms with van der Waals surface area (Å²) in [5.74, 6) is 0. The Hall–Kier alpha value is -4.68. The number of hydrogen-bond donors (Lipinski definition) is 0. The second-order valence-electron chi connectivity index (χ2n) is 11.1. The van der Waals surface area contributed by atoms with Crippen molar-refractivity contribution in [3.8, 4) is 22.3 Å². The summed E-state index contributed by atoms with van der Waals surface area (Å²) < 4.78 is 0. The third-order valence-electron chi connectivity index (χ3n) is 8.79. The van der Waals surface area contributed by atoms with Crippen LogP contribution in [0.1, 0.15) is 36.8 Å². The molecule has 6 aromatic rings. The number of rotatable bonds is 4. The fourth-order valence-electron chi connectivity index (χ4n) is 6.89. The molecule has 190 valence electrons. The highest BCUT2D eigenvalue weighted by Gasteiger charge is 2.22. The third kappa shape index (κ3) is 3.67. The molecule has 8 rings (SSSR count).